The number of carbonyl (C=O) groups excluding carboxylic acids is 2. The molecule has 0 saturated heterocycles. The van der Waals surface area contributed by atoms with Crippen molar-refractivity contribution in [1.82, 2.24) is 4.98 Å². The lowest BCUT2D eigenvalue weighted by atomic mass is 9.81. The number of nitrogens with zero attached hydrogens (tertiary/aromatic N) is 1. The smallest absolute Gasteiger partial charge is 0.254 e. The number of methoxy groups -OCH3 is 1. The normalized spacial score (nSPS) is 10.1. The lowest BCUT2D eigenvalue weighted by molar-refractivity contribution is -0.125. The molecule has 1 rings (SSSR count). The molecule has 9 heteroatoms. The van der Waals surface area contributed by atoms with Crippen LogP contribution >= 0.6 is 24.8 Å². The highest BCUT2D eigenvalue weighted by Crippen LogP contribution is 2.27. The van der Waals surface area contributed by atoms with Gasteiger partial charge in [-0.25, -0.2) is 4.98 Å². The molecule has 23 heavy (non-hydrogen) atoms. The first-order valence-corrected chi connectivity index (χ1v) is 6.79. The van der Waals surface area contributed by atoms with Gasteiger partial charge < -0.3 is 21.5 Å². The van der Waals surface area contributed by atoms with E-state index in [-0.39, 0.29) is 48.7 Å². The average Bonchev–Trinajstić information content (AvgIpc) is 2.49. The van der Waals surface area contributed by atoms with Crippen LogP contribution in [0.2, 0.25) is 0 Å². The fourth-order valence-corrected chi connectivity index (χ4v) is 2.08. The van der Waals surface area contributed by atoms with Crippen molar-refractivity contribution in [1.29, 1.82) is 0 Å². The number of rotatable bonds is 7. The molecule has 0 aromatic carbocycles. The van der Waals surface area contributed by atoms with Crippen molar-refractivity contribution in [3.05, 3.63) is 17.8 Å². The third-order valence-corrected chi connectivity index (χ3v) is 3.79. The first-order chi connectivity index (χ1) is 9.93. The van der Waals surface area contributed by atoms with E-state index >= 15 is 0 Å². The minimum absolute atomic E-state index is 0. The number of nitrogens with one attached hydrogen (secondary N) is 1. The van der Waals surface area contributed by atoms with Crippen molar-refractivity contribution in [2.24, 2.45) is 16.9 Å². The lowest BCUT2D eigenvalue weighted by Crippen LogP contribution is -2.41. The summed E-state index contributed by atoms with van der Waals surface area (Å²) < 4.78 is 4.95. The zero-order valence-electron chi connectivity index (χ0n) is 13.4. The van der Waals surface area contributed by atoms with E-state index in [1.54, 1.807) is 0 Å². The molecule has 0 spiro atoms. The Balaban J connectivity index is 0. The fourth-order valence-electron chi connectivity index (χ4n) is 2.08. The van der Waals surface area contributed by atoms with Crippen LogP contribution in [0.5, 0.6) is 5.88 Å². The van der Waals surface area contributed by atoms with E-state index in [0.717, 1.165) is 0 Å². The van der Waals surface area contributed by atoms with Crippen molar-refractivity contribution in [2.75, 3.05) is 19.0 Å². The molecule has 5 N–H and O–H groups in total. The number of amides is 2. The van der Waals surface area contributed by atoms with Gasteiger partial charge in [-0.05, 0) is 18.9 Å². The number of anilines is 1. The Morgan fingerprint density at radius 3 is 2.26 bits per heavy atom. The van der Waals surface area contributed by atoms with E-state index in [1.807, 2.05) is 13.8 Å². The third kappa shape index (κ3) is 5.23. The molecule has 7 nitrogen and oxygen atoms in total. The second-order valence-corrected chi connectivity index (χ2v) is 4.79. The molecule has 0 radical (unpaired) electrons. The zero-order chi connectivity index (χ0) is 16.0. The monoisotopic (exact) mass is 366 g/mol. The minimum atomic E-state index is -0.675. The lowest BCUT2D eigenvalue weighted by Gasteiger charge is -2.28. The van der Waals surface area contributed by atoms with Crippen molar-refractivity contribution >= 4 is 42.3 Å². The van der Waals surface area contributed by atoms with E-state index in [9.17, 15) is 9.59 Å². The second kappa shape index (κ2) is 10.3. The summed E-state index contributed by atoms with van der Waals surface area (Å²) in [5.74, 6) is -0.750. The molecule has 0 aliphatic heterocycles. The number of hydrogen-bond donors (Lipinski definition) is 3. The molecule has 0 atom stereocenters. The Bertz CT molecular complexity index is 528. The summed E-state index contributed by atoms with van der Waals surface area (Å²) in [4.78, 5) is 27.7. The van der Waals surface area contributed by atoms with Gasteiger partial charge in [-0.3, -0.25) is 9.59 Å². The molecule has 2 amide bonds. The summed E-state index contributed by atoms with van der Waals surface area (Å²) >= 11 is 0. The maximum atomic E-state index is 12.4. The van der Waals surface area contributed by atoms with Crippen molar-refractivity contribution in [3.63, 3.8) is 0 Å². The Kier molecular flexibility index (Phi) is 10.6. The number of pyridine rings is 1. The van der Waals surface area contributed by atoms with Crippen LogP contribution < -0.4 is 21.5 Å². The number of halogens is 2. The second-order valence-electron chi connectivity index (χ2n) is 4.79. The molecular formula is C14H24Cl2N4O3. The van der Waals surface area contributed by atoms with Crippen LogP contribution in [0.4, 0.5) is 5.69 Å². The van der Waals surface area contributed by atoms with Crippen LogP contribution in [-0.2, 0) is 4.79 Å². The van der Waals surface area contributed by atoms with Gasteiger partial charge in [0.15, 0.2) is 0 Å². The molecular weight excluding hydrogens is 343 g/mol. The largest absolute Gasteiger partial charge is 0.480 e. The first kappa shape index (κ1) is 23.7. The molecule has 0 fully saturated rings. The summed E-state index contributed by atoms with van der Waals surface area (Å²) in [5.41, 5.74) is 10.9. The van der Waals surface area contributed by atoms with Crippen LogP contribution in [0.3, 0.4) is 0 Å². The van der Waals surface area contributed by atoms with Gasteiger partial charge in [0.1, 0.15) is 5.56 Å². The minimum Gasteiger partial charge on any atom is -0.480 e. The Morgan fingerprint density at radius 2 is 1.87 bits per heavy atom. The molecule has 1 aromatic rings. The van der Waals surface area contributed by atoms with Gasteiger partial charge >= 0.3 is 0 Å². The summed E-state index contributed by atoms with van der Waals surface area (Å²) in [6.45, 7) is 4.08. The number of primary amides is 1. The molecule has 0 aliphatic rings. The average molecular weight is 367 g/mol. The van der Waals surface area contributed by atoms with E-state index < -0.39 is 11.3 Å². The van der Waals surface area contributed by atoms with Crippen LogP contribution in [-0.4, -0.2) is 30.5 Å². The first-order valence-electron chi connectivity index (χ1n) is 6.79. The number of carbonyl (C=O) groups is 2. The van der Waals surface area contributed by atoms with Gasteiger partial charge in [0.05, 0.1) is 24.4 Å². The third-order valence-electron chi connectivity index (χ3n) is 3.79. The predicted molar refractivity (Wildman–Crippen MR) is 94.5 cm³/mol. The van der Waals surface area contributed by atoms with Gasteiger partial charge in [0.2, 0.25) is 11.8 Å². The number of nitrogens with two attached hydrogens (primary N) is 2. The zero-order valence-corrected chi connectivity index (χ0v) is 15.1. The molecule has 1 heterocycles. The van der Waals surface area contributed by atoms with E-state index in [2.05, 4.69) is 10.3 Å². The highest BCUT2D eigenvalue weighted by atomic mass is 35.5. The quantitative estimate of drug-likeness (QED) is 0.678. The van der Waals surface area contributed by atoms with Crippen molar-refractivity contribution < 1.29 is 14.3 Å². The van der Waals surface area contributed by atoms with Crippen molar-refractivity contribution in [3.8, 4) is 5.88 Å². The van der Waals surface area contributed by atoms with Gasteiger partial charge in [-0.15, -0.1) is 24.8 Å². The summed E-state index contributed by atoms with van der Waals surface area (Å²) in [7, 11) is 1.39. The van der Waals surface area contributed by atoms with E-state index in [1.165, 1.54) is 19.4 Å². The van der Waals surface area contributed by atoms with Crippen LogP contribution in [0, 0.1) is 5.41 Å². The Hall–Kier alpha value is -1.57. The van der Waals surface area contributed by atoms with Crippen molar-refractivity contribution in [2.45, 2.75) is 26.7 Å². The fraction of sp³-hybridized carbons (Fsp3) is 0.500. The van der Waals surface area contributed by atoms with Gasteiger partial charge in [-0.1, -0.05) is 13.8 Å². The molecule has 0 unspecified atom stereocenters. The Morgan fingerprint density at radius 1 is 1.30 bits per heavy atom. The maximum absolute atomic E-state index is 12.4. The van der Waals surface area contributed by atoms with Crippen LogP contribution in [0.15, 0.2) is 12.3 Å². The van der Waals surface area contributed by atoms with Crippen LogP contribution in [0.25, 0.3) is 0 Å². The van der Waals surface area contributed by atoms with Gasteiger partial charge in [0.25, 0.3) is 5.91 Å². The highest BCUT2D eigenvalue weighted by molar-refractivity contribution is 5.99. The number of aromatic nitrogens is 1. The highest BCUT2D eigenvalue weighted by Gasteiger charge is 2.33. The summed E-state index contributed by atoms with van der Waals surface area (Å²) in [6, 6.07) is 1.44. The maximum Gasteiger partial charge on any atom is 0.254 e. The van der Waals surface area contributed by atoms with E-state index in [0.29, 0.717) is 18.5 Å². The molecule has 0 saturated carbocycles. The van der Waals surface area contributed by atoms with Gasteiger partial charge in [0, 0.05) is 6.54 Å². The topological polar surface area (TPSA) is 120 Å². The summed E-state index contributed by atoms with van der Waals surface area (Å²) in [6.07, 6.45) is 2.66. The van der Waals surface area contributed by atoms with Gasteiger partial charge in [-0.2, -0.15) is 0 Å². The predicted octanol–water partition coefficient (Wildman–Crippen LogP) is 1.74. The number of hydrogen-bond acceptors (Lipinski definition) is 5. The van der Waals surface area contributed by atoms with Crippen LogP contribution in [0.1, 0.15) is 37.0 Å². The number of ether oxygens (including phenoxy) is 1. The molecule has 0 aliphatic carbocycles. The molecule has 0 bridgehead atoms. The summed E-state index contributed by atoms with van der Waals surface area (Å²) in [5, 5.41) is 2.74. The standard InChI is InChI=1S/C14H22N4O3.2ClH/c1-4-14(5-2,8-15)13(20)18-9-6-10(11(16)19)12(21-3)17-7-9;;/h6-7H,4-5,8,15H2,1-3H3,(H2,16,19)(H,18,20);2*1H. The molecule has 132 valence electrons. The molecule has 1 aromatic heterocycles. The van der Waals surface area contributed by atoms with E-state index in [4.69, 9.17) is 16.2 Å². The Labute approximate surface area is 148 Å². The SMILES string of the molecule is CCC(CC)(CN)C(=O)Nc1cnc(OC)c(C(N)=O)c1.Cl.Cl.